The molecular weight excluding hydrogens is 433 g/mol. The number of carbonyl (C=O) groups excluding carboxylic acids is 1. The minimum absolute atomic E-state index is 0.104. The Balaban J connectivity index is 1.48. The number of fused-ring (bicyclic) bond motifs is 2. The summed E-state index contributed by atoms with van der Waals surface area (Å²) in [7, 11) is 0. The number of nitrogens with two attached hydrogens (primary N) is 1. The van der Waals surface area contributed by atoms with Gasteiger partial charge in [-0.1, -0.05) is 6.92 Å². The number of hydrogen-bond donors (Lipinski definition) is 2. The summed E-state index contributed by atoms with van der Waals surface area (Å²) in [5.41, 5.74) is 9.83. The average Bonchev–Trinajstić information content (AvgIpc) is 3.42. The van der Waals surface area contributed by atoms with Crippen LogP contribution in [-0.2, 0) is 6.54 Å². The Bertz CT molecular complexity index is 1380. The van der Waals surface area contributed by atoms with E-state index in [1.807, 2.05) is 23.9 Å². The van der Waals surface area contributed by atoms with Crippen molar-refractivity contribution in [1.29, 1.82) is 0 Å². The van der Waals surface area contributed by atoms with Crippen LogP contribution in [0.4, 0.5) is 15.8 Å². The zero-order chi connectivity index (χ0) is 24.0. The van der Waals surface area contributed by atoms with Gasteiger partial charge in [0, 0.05) is 60.9 Å². The third-order valence-electron chi connectivity index (χ3n) is 6.96. The lowest BCUT2D eigenvalue weighted by Gasteiger charge is -2.40. The first-order valence-corrected chi connectivity index (χ1v) is 11.8. The lowest BCUT2D eigenvalue weighted by molar-refractivity contribution is 0.102. The monoisotopic (exact) mass is 463 g/mol. The molecule has 0 bridgehead atoms. The number of benzene rings is 1. The van der Waals surface area contributed by atoms with E-state index in [0.717, 1.165) is 43.4 Å². The molecule has 1 fully saturated rings. The van der Waals surface area contributed by atoms with Crippen molar-refractivity contribution >= 4 is 33.8 Å². The lowest BCUT2D eigenvalue weighted by atomic mass is 9.86. The maximum Gasteiger partial charge on any atom is 0.257 e. The molecule has 4 heterocycles. The van der Waals surface area contributed by atoms with Crippen molar-refractivity contribution in [3.05, 3.63) is 53.9 Å². The van der Waals surface area contributed by atoms with Crippen molar-refractivity contribution in [2.24, 2.45) is 5.73 Å². The Kier molecular flexibility index (Phi) is 5.51. The van der Waals surface area contributed by atoms with Crippen molar-refractivity contribution in [2.75, 3.05) is 23.3 Å². The van der Waals surface area contributed by atoms with Gasteiger partial charge in [0.25, 0.3) is 5.91 Å². The lowest BCUT2D eigenvalue weighted by Crippen LogP contribution is -2.50. The highest BCUT2D eigenvalue weighted by molar-refractivity contribution is 6.13. The third-order valence-corrected chi connectivity index (χ3v) is 6.96. The molecule has 178 valence electrons. The standard InChI is InChI=1S/C25H30FN7O/c1-4-25(27)8-10-31(11-9-25)21-7-6-18(22-19(21)15-33(5-2)30-22)24(34)29-17-12-20(26)23-28-16(3)13-32(23)14-17/h6-7,12-15H,4-5,8-11,27H2,1-3H3,(H,29,34). The van der Waals surface area contributed by atoms with Crippen LogP contribution in [0.25, 0.3) is 16.6 Å². The third kappa shape index (κ3) is 3.90. The summed E-state index contributed by atoms with van der Waals surface area (Å²) in [6.45, 7) is 8.38. The van der Waals surface area contributed by atoms with Crippen molar-refractivity contribution in [1.82, 2.24) is 19.2 Å². The van der Waals surface area contributed by atoms with Crippen LogP contribution < -0.4 is 16.0 Å². The van der Waals surface area contributed by atoms with Crippen molar-refractivity contribution in [3.8, 4) is 0 Å². The Hall–Kier alpha value is -3.46. The number of nitrogens with zero attached hydrogens (tertiary/aromatic N) is 5. The van der Waals surface area contributed by atoms with Gasteiger partial charge in [-0.05, 0) is 45.2 Å². The average molecular weight is 464 g/mol. The van der Waals surface area contributed by atoms with Gasteiger partial charge in [-0.25, -0.2) is 9.37 Å². The molecule has 9 heteroatoms. The Morgan fingerprint density at radius 2 is 1.97 bits per heavy atom. The molecule has 1 saturated heterocycles. The second-order valence-electron chi connectivity index (χ2n) is 9.23. The van der Waals surface area contributed by atoms with Crippen LogP contribution >= 0.6 is 0 Å². The molecule has 1 aromatic carbocycles. The molecule has 1 aliphatic heterocycles. The van der Waals surface area contributed by atoms with Gasteiger partial charge >= 0.3 is 0 Å². The fourth-order valence-corrected chi connectivity index (χ4v) is 4.75. The quantitative estimate of drug-likeness (QED) is 0.465. The molecule has 0 aliphatic carbocycles. The first-order valence-electron chi connectivity index (χ1n) is 11.8. The molecule has 1 amide bonds. The van der Waals surface area contributed by atoms with Crippen LogP contribution in [0.5, 0.6) is 0 Å². The molecule has 0 unspecified atom stereocenters. The second-order valence-corrected chi connectivity index (χ2v) is 9.23. The molecule has 8 nitrogen and oxygen atoms in total. The van der Waals surface area contributed by atoms with Gasteiger partial charge in [-0.15, -0.1) is 0 Å². The number of rotatable bonds is 5. The Labute approximate surface area is 197 Å². The zero-order valence-corrected chi connectivity index (χ0v) is 19.8. The number of pyridine rings is 1. The molecule has 3 aromatic heterocycles. The number of hydrogen-bond acceptors (Lipinski definition) is 5. The highest BCUT2D eigenvalue weighted by Gasteiger charge is 2.30. The van der Waals surface area contributed by atoms with E-state index >= 15 is 0 Å². The predicted octanol–water partition coefficient (Wildman–Crippen LogP) is 4.11. The zero-order valence-electron chi connectivity index (χ0n) is 19.8. The highest BCUT2D eigenvalue weighted by atomic mass is 19.1. The molecule has 34 heavy (non-hydrogen) atoms. The van der Waals surface area contributed by atoms with Crippen LogP contribution in [-0.4, -0.2) is 43.7 Å². The topological polar surface area (TPSA) is 93.5 Å². The second kappa shape index (κ2) is 8.39. The molecular formula is C25H30FN7O. The van der Waals surface area contributed by atoms with Gasteiger partial charge in [-0.3, -0.25) is 9.48 Å². The number of anilines is 2. The molecule has 4 aromatic rings. The van der Waals surface area contributed by atoms with Crippen molar-refractivity contribution in [2.45, 2.75) is 52.1 Å². The van der Waals surface area contributed by atoms with Gasteiger partial charge in [0.05, 0.1) is 16.9 Å². The van der Waals surface area contributed by atoms with Gasteiger partial charge in [-0.2, -0.15) is 5.10 Å². The first kappa shape index (κ1) is 22.3. The number of aromatic nitrogens is 4. The van der Waals surface area contributed by atoms with E-state index in [4.69, 9.17) is 5.73 Å². The fraction of sp³-hybridized carbons (Fsp3) is 0.400. The van der Waals surface area contributed by atoms with E-state index in [-0.39, 0.29) is 17.1 Å². The Morgan fingerprint density at radius 3 is 2.68 bits per heavy atom. The SMILES string of the molecule is CCn1cc2c(N3CCC(N)(CC)CC3)ccc(C(=O)Nc3cc(F)c4nc(C)cn4c3)c2n1. The number of piperidine rings is 1. The minimum Gasteiger partial charge on any atom is -0.371 e. The van der Waals surface area contributed by atoms with Gasteiger partial charge in [0.1, 0.15) is 5.52 Å². The summed E-state index contributed by atoms with van der Waals surface area (Å²) in [5, 5.41) is 8.44. The summed E-state index contributed by atoms with van der Waals surface area (Å²) in [6, 6.07) is 5.08. The van der Waals surface area contributed by atoms with E-state index in [1.54, 1.807) is 29.8 Å². The number of aryl methyl sites for hydroxylation is 2. The van der Waals surface area contributed by atoms with E-state index in [2.05, 4.69) is 27.2 Å². The van der Waals surface area contributed by atoms with Crippen LogP contribution in [0.3, 0.4) is 0 Å². The Morgan fingerprint density at radius 1 is 1.21 bits per heavy atom. The normalized spacial score (nSPS) is 15.9. The molecule has 0 atom stereocenters. The molecule has 3 N–H and O–H groups in total. The van der Waals surface area contributed by atoms with E-state index in [1.165, 1.54) is 6.07 Å². The first-order chi connectivity index (χ1) is 16.3. The van der Waals surface area contributed by atoms with Crippen LogP contribution in [0.2, 0.25) is 0 Å². The van der Waals surface area contributed by atoms with Crippen molar-refractivity contribution < 1.29 is 9.18 Å². The summed E-state index contributed by atoms with van der Waals surface area (Å²) in [5.74, 6) is -0.825. The highest BCUT2D eigenvalue weighted by Crippen LogP contribution is 2.33. The number of amides is 1. The number of imidazole rings is 1. The molecule has 5 rings (SSSR count). The van der Waals surface area contributed by atoms with Crippen molar-refractivity contribution in [3.63, 3.8) is 0 Å². The number of carbonyl (C=O) groups is 1. The maximum atomic E-state index is 14.5. The summed E-state index contributed by atoms with van der Waals surface area (Å²) in [6.07, 6.45) is 8.19. The van der Waals surface area contributed by atoms with Crippen LogP contribution in [0, 0.1) is 12.7 Å². The molecule has 0 spiro atoms. The number of nitrogens with one attached hydrogen (secondary N) is 1. The smallest absolute Gasteiger partial charge is 0.257 e. The molecule has 0 radical (unpaired) electrons. The van der Waals surface area contributed by atoms with Gasteiger partial charge < -0.3 is 20.4 Å². The summed E-state index contributed by atoms with van der Waals surface area (Å²) < 4.78 is 17.9. The van der Waals surface area contributed by atoms with E-state index < -0.39 is 5.82 Å². The largest absolute Gasteiger partial charge is 0.371 e. The number of halogens is 1. The maximum absolute atomic E-state index is 14.5. The van der Waals surface area contributed by atoms with Crippen LogP contribution in [0.15, 0.2) is 36.8 Å². The molecule has 0 saturated carbocycles. The summed E-state index contributed by atoms with van der Waals surface area (Å²) in [4.78, 5) is 19.7. The summed E-state index contributed by atoms with van der Waals surface area (Å²) >= 11 is 0. The minimum atomic E-state index is -0.491. The van der Waals surface area contributed by atoms with Gasteiger partial charge in [0.2, 0.25) is 0 Å². The van der Waals surface area contributed by atoms with Gasteiger partial charge in [0.15, 0.2) is 11.5 Å². The van der Waals surface area contributed by atoms with E-state index in [9.17, 15) is 9.18 Å². The fourth-order valence-electron chi connectivity index (χ4n) is 4.75. The predicted molar refractivity (Wildman–Crippen MR) is 132 cm³/mol. The molecule has 1 aliphatic rings. The van der Waals surface area contributed by atoms with E-state index in [0.29, 0.717) is 29.0 Å². The van der Waals surface area contributed by atoms with Crippen LogP contribution in [0.1, 0.15) is 49.2 Å².